The number of aromatic nitrogens is 2. The molecular formula is C27H24N4O2. The number of nitriles is 1. The zero-order valence-electron chi connectivity index (χ0n) is 18.2. The van der Waals surface area contributed by atoms with E-state index in [9.17, 15) is 10.1 Å². The zero-order valence-corrected chi connectivity index (χ0v) is 18.2. The second kappa shape index (κ2) is 9.17. The number of rotatable bonds is 5. The molecule has 0 unspecified atom stereocenters. The number of benzene rings is 2. The van der Waals surface area contributed by atoms with Crippen LogP contribution in [0.4, 0.5) is 0 Å². The van der Waals surface area contributed by atoms with Crippen LogP contribution in [-0.4, -0.2) is 21.7 Å². The fourth-order valence-corrected chi connectivity index (χ4v) is 4.31. The number of fused-ring (bicyclic) bond motifs is 1. The van der Waals surface area contributed by atoms with Crippen LogP contribution in [0.3, 0.4) is 0 Å². The van der Waals surface area contributed by atoms with Crippen molar-refractivity contribution < 1.29 is 9.21 Å². The summed E-state index contributed by atoms with van der Waals surface area (Å²) in [6, 6.07) is 21.6. The lowest BCUT2D eigenvalue weighted by atomic mass is 9.95. The summed E-state index contributed by atoms with van der Waals surface area (Å²) < 4.78 is 7.79. The summed E-state index contributed by atoms with van der Waals surface area (Å²) in [6.45, 7) is 0. The number of nitrogens with one attached hydrogen (secondary N) is 1. The fraction of sp³-hybridized carbons (Fsp3) is 0.222. The summed E-state index contributed by atoms with van der Waals surface area (Å²) in [5, 5.41) is 18.5. The second-order valence-electron chi connectivity index (χ2n) is 8.34. The Morgan fingerprint density at radius 1 is 1.09 bits per heavy atom. The first-order valence-electron chi connectivity index (χ1n) is 11.3. The van der Waals surface area contributed by atoms with Gasteiger partial charge in [0.05, 0.1) is 5.69 Å². The van der Waals surface area contributed by atoms with E-state index in [4.69, 9.17) is 9.52 Å². The Morgan fingerprint density at radius 2 is 1.85 bits per heavy atom. The highest BCUT2D eigenvalue weighted by Crippen LogP contribution is 2.31. The van der Waals surface area contributed by atoms with Gasteiger partial charge in [0, 0.05) is 23.2 Å². The Bertz CT molecular complexity index is 1320. The van der Waals surface area contributed by atoms with E-state index in [2.05, 4.69) is 11.4 Å². The predicted octanol–water partition coefficient (Wildman–Crippen LogP) is 5.64. The smallest absolute Gasteiger partial charge is 0.262 e. The predicted molar refractivity (Wildman–Crippen MR) is 127 cm³/mol. The summed E-state index contributed by atoms with van der Waals surface area (Å²) >= 11 is 0. The van der Waals surface area contributed by atoms with Crippen LogP contribution in [0.5, 0.6) is 0 Å². The molecule has 6 nitrogen and oxygen atoms in total. The molecule has 33 heavy (non-hydrogen) atoms. The van der Waals surface area contributed by atoms with E-state index in [0.29, 0.717) is 17.0 Å². The first kappa shape index (κ1) is 20.8. The van der Waals surface area contributed by atoms with Gasteiger partial charge in [-0.3, -0.25) is 4.79 Å². The van der Waals surface area contributed by atoms with Gasteiger partial charge in [0.2, 0.25) is 0 Å². The van der Waals surface area contributed by atoms with Gasteiger partial charge in [-0.15, -0.1) is 0 Å². The highest BCUT2D eigenvalue weighted by molar-refractivity contribution is 6.02. The maximum Gasteiger partial charge on any atom is 0.262 e. The van der Waals surface area contributed by atoms with Crippen molar-refractivity contribution in [3.05, 3.63) is 78.0 Å². The van der Waals surface area contributed by atoms with E-state index < -0.39 is 0 Å². The Kier molecular flexibility index (Phi) is 5.77. The summed E-state index contributed by atoms with van der Waals surface area (Å²) in [5.41, 5.74) is 2.92. The van der Waals surface area contributed by atoms with Crippen molar-refractivity contribution in [3.63, 3.8) is 0 Å². The van der Waals surface area contributed by atoms with E-state index in [1.165, 1.54) is 6.42 Å². The normalized spacial score (nSPS) is 14.8. The minimum Gasteiger partial charge on any atom is -0.454 e. The third-order valence-corrected chi connectivity index (χ3v) is 6.03. The van der Waals surface area contributed by atoms with Gasteiger partial charge in [0.1, 0.15) is 22.9 Å². The molecule has 1 fully saturated rings. The first-order chi connectivity index (χ1) is 16.2. The Labute approximate surface area is 192 Å². The molecule has 6 heteroatoms. The molecule has 0 saturated heterocycles. The fourth-order valence-electron chi connectivity index (χ4n) is 4.31. The molecule has 0 spiro atoms. The van der Waals surface area contributed by atoms with Crippen LogP contribution in [-0.2, 0) is 4.79 Å². The number of furan rings is 1. The summed E-state index contributed by atoms with van der Waals surface area (Å²) in [7, 11) is 0. The number of hydrogen-bond acceptors (Lipinski definition) is 4. The van der Waals surface area contributed by atoms with E-state index in [0.717, 1.165) is 42.3 Å². The van der Waals surface area contributed by atoms with Crippen molar-refractivity contribution in [2.24, 2.45) is 0 Å². The summed E-state index contributed by atoms with van der Waals surface area (Å²) in [4.78, 5) is 12.9. The van der Waals surface area contributed by atoms with Crippen molar-refractivity contribution in [2.45, 2.75) is 38.1 Å². The Balaban J connectivity index is 1.55. The van der Waals surface area contributed by atoms with Gasteiger partial charge in [-0.1, -0.05) is 55.7 Å². The van der Waals surface area contributed by atoms with E-state index >= 15 is 0 Å². The van der Waals surface area contributed by atoms with E-state index in [1.807, 2.05) is 66.9 Å². The molecule has 0 radical (unpaired) electrons. The number of carbonyl (C=O) groups excluding carboxylic acids is 1. The molecule has 4 aromatic rings. The molecule has 0 atom stereocenters. The Hall–Kier alpha value is -4.11. The SMILES string of the molecule is N#CC(=Cc1cn(-c2ccccc2)nc1-c1cc2ccccc2o1)C(=O)NC1CCCCC1. The standard InChI is InChI=1S/C27H24N4O2/c28-17-20(27(32)29-22-10-3-1-4-11-22)15-21-18-31(23-12-5-2-6-13-23)30-26(21)25-16-19-9-7-8-14-24(19)33-25/h2,5-9,12-16,18,22H,1,3-4,10-11H2,(H,29,32). The van der Waals surface area contributed by atoms with E-state index in [-0.39, 0.29) is 17.5 Å². The molecule has 2 aromatic heterocycles. The molecule has 164 valence electrons. The van der Waals surface area contributed by atoms with Crippen LogP contribution in [0, 0.1) is 11.3 Å². The first-order valence-corrected chi connectivity index (χ1v) is 11.3. The van der Waals surface area contributed by atoms with Crippen molar-refractivity contribution in [3.8, 4) is 23.2 Å². The molecule has 0 aliphatic heterocycles. The molecule has 0 bridgehead atoms. The largest absolute Gasteiger partial charge is 0.454 e. The number of hydrogen-bond donors (Lipinski definition) is 1. The van der Waals surface area contributed by atoms with Crippen LogP contribution in [0.15, 0.2) is 76.9 Å². The molecule has 1 aliphatic carbocycles. The highest BCUT2D eigenvalue weighted by Gasteiger charge is 2.20. The molecule has 1 saturated carbocycles. The lowest BCUT2D eigenvalue weighted by Crippen LogP contribution is -2.36. The molecular weight excluding hydrogens is 412 g/mol. The molecule has 1 N–H and O–H groups in total. The van der Waals surface area contributed by atoms with Crippen LogP contribution in [0.2, 0.25) is 0 Å². The zero-order chi connectivity index (χ0) is 22.6. The van der Waals surface area contributed by atoms with Gasteiger partial charge in [-0.05, 0) is 43.2 Å². The van der Waals surface area contributed by atoms with Crippen molar-refractivity contribution in [1.29, 1.82) is 5.26 Å². The minimum absolute atomic E-state index is 0.0607. The minimum atomic E-state index is -0.340. The van der Waals surface area contributed by atoms with Crippen LogP contribution in [0.1, 0.15) is 37.7 Å². The maximum atomic E-state index is 12.9. The van der Waals surface area contributed by atoms with Gasteiger partial charge in [-0.25, -0.2) is 4.68 Å². The number of amides is 1. The summed E-state index contributed by atoms with van der Waals surface area (Å²) in [5.74, 6) is 0.245. The third-order valence-electron chi connectivity index (χ3n) is 6.03. The lowest BCUT2D eigenvalue weighted by molar-refractivity contribution is -0.117. The van der Waals surface area contributed by atoms with Crippen molar-refractivity contribution in [1.82, 2.24) is 15.1 Å². The topological polar surface area (TPSA) is 83.8 Å². The molecule has 1 aliphatic rings. The van der Waals surface area contributed by atoms with Crippen molar-refractivity contribution in [2.75, 3.05) is 0 Å². The molecule has 2 heterocycles. The van der Waals surface area contributed by atoms with Gasteiger partial charge < -0.3 is 9.73 Å². The van der Waals surface area contributed by atoms with Gasteiger partial charge >= 0.3 is 0 Å². The Morgan fingerprint density at radius 3 is 2.61 bits per heavy atom. The molecule has 5 rings (SSSR count). The third kappa shape index (κ3) is 4.44. The van der Waals surface area contributed by atoms with Crippen LogP contribution in [0.25, 0.3) is 34.2 Å². The number of carbonyl (C=O) groups is 1. The average molecular weight is 437 g/mol. The average Bonchev–Trinajstić information content (AvgIpc) is 3.47. The lowest BCUT2D eigenvalue weighted by Gasteiger charge is -2.22. The molecule has 1 amide bonds. The number of para-hydroxylation sites is 2. The van der Waals surface area contributed by atoms with Crippen molar-refractivity contribution >= 4 is 23.0 Å². The van der Waals surface area contributed by atoms with Crippen LogP contribution >= 0.6 is 0 Å². The van der Waals surface area contributed by atoms with Crippen LogP contribution < -0.4 is 5.32 Å². The molecule has 2 aromatic carbocycles. The quantitative estimate of drug-likeness (QED) is 0.324. The van der Waals surface area contributed by atoms with Gasteiger partial charge in [0.25, 0.3) is 5.91 Å². The highest BCUT2D eigenvalue weighted by atomic mass is 16.3. The maximum absolute atomic E-state index is 12.9. The second-order valence-corrected chi connectivity index (χ2v) is 8.34. The number of nitrogens with zero attached hydrogens (tertiary/aromatic N) is 3. The van der Waals surface area contributed by atoms with Gasteiger partial charge in [-0.2, -0.15) is 10.4 Å². The monoisotopic (exact) mass is 436 g/mol. The van der Waals surface area contributed by atoms with Gasteiger partial charge in [0.15, 0.2) is 5.76 Å². The summed E-state index contributed by atoms with van der Waals surface area (Å²) in [6.07, 6.45) is 8.76. The van der Waals surface area contributed by atoms with E-state index in [1.54, 1.807) is 10.8 Å².